The molecule has 6 nitrogen and oxygen atoms in total. The summed E-state index contributed by atoms with van der Waals surface area (Å²) in [5.41, 5.74) is 6.32. The molecular weight excluding hydrogens is 234 g/mol. The van der Waals surface area contributed by atoms with Crippen molar-refractivity contribution in [3.8, 4) is 0 Å². The quantitative estimate of drug-likeness (QED) is 0.781. The molecule has 1 aliphatic heterocycles. The predicted molar refractivity (Wildman–Crippen MR) is 67.5 cm³/mol. The van der Waals surface area contributed by atoms with Gasteiger partial charge in [0.1, 0.15) is 5.82 Å². The Bertz CT molecular complexity index is 431. The van der Waals surface area contributed by atoms with Crippen LogP contribution >= 0.6 is 0 Å². The highest BCUT2D eigenvalue weighted by molar-refractivity contribution is 5.95. The van der Waals surface area contributed by atoms with Crippen LogP contribution < -0.4 is 11.1 Å². The van der Waals surface area contributed by atoms with Crippen molar-refractivity contribution in [1.82, 2.24) is 4.98 Å². The number of hydrogen-bond acceptors (Lipinski definition) is 6. The second-order valence-electron chi connectivity index (χ2n) is 4.21. The minimum atomic E-state index is -0.460. The molecule has 6 heteroatoms. The van der Waals surface area contributed by atoms with Crippen molar-refractivity contribution in [2.75, 3.05) is 31.4 Å². The lowest BCUT2D eigenvalue weighted by molar-refractivity contribution is 0.0602. The van der Waals surface area contributed by atoms with Gasteiger partial charge in [0.2, 0.25) is 0 Å². The number of methoxy groups -OCH3 is 1. The summed E-state index contributed by atoms with van der Waals surface area (Å²) in [5, 5.41) is 3.23. The van der Waals surface area contributed by atoms with Crippen LogP contribution in [-0.2, 0) is 9.47 Å². The summed E-state index contributed by atoms with van der Waals surface area (Å²) in [5.74, 6) is 0.151. The van der Waals surface area contributed by atoms with Crippen LogP contribution in [0.5, 0.6) is 0 Å². The van der Waals surface area contributed by atoms with E-state index in [1.165, 1.54) is 13.3 Å². The number of nitrogens with zero attached hydrogens (tertiary/aromatic N) is 1. The van der Waals surface area contributed by atoms with Crippen molar-refractivity contribution in [3.63, 3.8) is 0 Å². The lowest BCUT2D eigenvalue weighted by atomic mass is 10.1. The van der Waals surface area contributed by atoms with Crippen LogP contribution in [-0.4, -0.2) is 37.3 Å². The zero-order valence-electron chi connectivity index (χ0n) is 10.3. The first-order chi connectivity index (χ1) is 8.70. The molecule has 1 aliphatic rings. The summed E-state index contributed by atoms with van der Waals surface area (Å²) in [6.45, 7) is 1.46. The van der Waals surface area contributed by atoms with Gasteiger partial charge in [-0.3, -0.25) is 0 Å². The third-order valence-electron chi connectivity index (χ3n) is 2.85. The SMILES string of the molecule is COC(=O)c1cc(NC2CCCOC2)ncc1N. The summed E-state index contributed by atoms with van der Waals surface area (Å²) in [4.78, 5) is 15.6. The van der Waals surface area contributed by atoms with Crippen molar-refractivity contribution in [2.45, 2.75) is 18.9 Å². The molecule has 1 unspecified atom stereocenters. The largest absolute Gasteiger partial charge is 0.465 e. The van der Waals surface area contributed by atoms with Gasteiger partial charge in [0, 0.05) is 6.61 Å². The Morgan fingerprint density at radius 3 is 3.17 bits per heavy atom. The van der Waals surface area contributed by atoms with E-state index in [0.717, 1.165) is 19.4 Å². The lowest BCUT2D eigenvalue weighted by Gasteiger charge is -2.23. The van der Waals surface area contributed by atoms with E-state index in [2.05, 4.69) is 15.0 Å². The zero-order valence-corrected chi connectivity index (χ0v) is 10.3. The highest BCUT2D eigenvalue weighted by Gasteiger charge is 2.16. The molecule has 1 fully saturated rings. The average Bonchev–Trinajstić information content (AvgIpc) is 2.41. The summed E-state index contributed by atoms with van der Waals surface area (Å²) < 4.78 is 10.0. The van der Waals surface area contributed by atoms with E-state index in [1.807, 2.05) is 0 Å². The van der Waals surface area contributed by atoms with Crippen LogP contribution in [0.1, 0.15) is 23.2 Å². The van der Waals surface area contributed by atoms with Crippen molar-refractivity contribution in [3.05, 3.63) is 17.8 Å². The smallest absolute Gasteiger partial charge is 0.340 e. The maximum atomic E-state index is 11.5. The molecule has 1 aromatic heterocycles. The monoisotopic (exact) mass is 251 g/mol. The fourth-order valence-corrected chi connectivity index (χ4v) is 1.90. The first kappa shape index (κ1) is 12.6. The molecule has 0 bridgehead atoms. The van der Waals surface area contributed by atoms with E-state index in [4.69, 9.17) is 10.5 Å². The fourth-order valence-electron chi connectivity index (χ4n) is 1.90. The molecule has 2 heterocycles. The van der Waals surface area contributed by atoms with E-state index >= 15 is 0 Å². The number of hydrogen-bond donors (Lipinski definition) is 2. The Morgan fingerprint density at radius 2 is 2.50 bits per heavy atom. The summed E-state index contributed by atoms with van der Waals surface area (Å²) >= 11 is 0. The topological polar surface area (TPSA) is 86.5 Å². The van der Waals surface area contributed by atoms with Crippen molar-refractivity contribution >= 4 is 17.5 Å². The number of anilines is 2. The van der Waals surface area contributed by atoms with E-state index < -0.39 is 5.97 Å². The number of nitrogen functional groups attached to an aromatic ring is 1. The number of carbonyl (C=O) groups excluding carboxylic acids is 1. The molecule has 1 saturated heterocycles. The summed E-state index contributed by atoms with van der Waals surface area (Å²) in [6, 6.07) is 1.83. The van der Waals surface area contributed by atoms with Gasteiger partial charge in [-0.1, -0.05) is 0 Å². The Kier molecular flexibility index (Phi) is 3.99. The molecule has 1 aromatic rings. The molecule has 3 N–H and O–H groups in total. The first-order valence-corrected chi connectivity index (χ1v) is 5.89. The molecular formula is C12H17N3O3. The first-order valence-electron chi connectivity index (χ1n) is 5.89. The number of carbonyl (C=O) groups is 1. The minimum absolute atomic E-state index is 0.223. The fraction of sp³-hybridized carbons (Fsp3) is 0.500. The van der Waals surface area contributed by atoms with Gasteiger partial charge in [0.05, 0.1) is 37.2 Å². The zero-order chi connectivity index (χ0) is 13.0. The van der Waals surface area contributed by atoms with Gasteiger partial charge in [-0.2, -0.15) is 0 Å². The average molecular weight is 251 g/mol. The molecule has 1 atom stereocenters. The molecule has 0 saturated carbocycles. The number of ether oxygens (including phenoxy) is 2. The van der Waals surface area contributed by atoms with E-state index in [1.54, 1.807) is 6.07 Å². The van der Waals surface area contributed by atoms with Crippen molar-refractivity contribution in [2.24, 2.45) is 0 Å². The van der Waals surface area contributed by atoms with Gasteiger partial charge in [-0.25, -0.2) is 9.78 Å². The standard InChI is InChI=1S/C12H17N3O3/c1-17-12(16)9-5-11(14-6-10(9)13)15-8-3-2-4-18-7-8/h5-6,8H,2-4,7,13H2,1H3,(H,14,15). The van der Waals surface area contributed by atoms with E-state index in [-0.39, 0.29) is 6.04 Å². The molecule has 0 radical (unpaired) electrons. The van der Waals surface area contributed by atoms with Crippen LogP contribution in [0.15, 0.2) is 12.3 Å². The number of nitrogens with one attached hydrogen (secondary N) is 1. The molecule has 0 amide bonds. The molecule has 0 aliphatic carbocycles. The van der Waals surface area contributed by atoms with E-state index in [9.17, 15) is 4.79 Å². The lowest BCUT2D eigenvalue weighted by Crippen LogP contribution is -2.30. The third kappa shape index (κ3) is 2.89. The number of nitrogens with two attached hydrogens (primary N) is 1. The van der Waals surface area contributed by atoms with Crippen LogP contribution in [0.2, 0.25) is 0 Å². The van der Waals surface area contributed by atoms with Gasteiger partial charge < -0.3 is 20.5 Å². The summed E-state index contributed by atoms with van der Waals surface area (Å²) in [6.07, 6.45) is 3.51. The highest BCUT2D eigenvalue weighted by Crippen LogP contribution is 2.18. The van der Waals surface area contributed by atoms with Crippen molar-refractivity contribution < 1.29 is 14.3 Å². The van der Waals surface area contributed by atoms with Crippen LogP contribution in [0.4, 0.5) is 11.5 Å². The molecule has 18 heavy (non-hydrogen) atoms. The second kappa shape index (κ2) is 5.68. The Labute approximate surface area is 105 Å². The van der Waals surface area contributed by atoms with Crippen LogP contribution in [0.3, 0.4) is 0 Å². The van der Waals surface area contributed by atoms with Crippen molar-refractivity contribution in [1.29, 1.82) is 0 Å². The van der Waals surface area contributed by atoms with E-state index in [0.29, 0.717) is 23.7 Å². The van der Waals surface area contributed by atoms with Gasteiger partial charge in [-0.15, -0.1) is 0 Å². The second-order valence-corrected chi connectivity index (χ2v) is 4.21. The van der Waals surface area contributed by atoms with Gasteiger partial charge >= 0.3 is 5.97 Å². The predicted octanol–water partition coefficient (Wildman–Crippen LogP) is 1.04. The highest BCUT2D eigenvalue weighted by atomic mass is 16.5. The van der Waals surface area contributed by atoms with Crippen LogP contribution in [0, 0.1) is 0 Å². The third-order valence-corrected chi connectivity index (χ3v) is 2.85. The summed E-state index contributed by atoms with van der Waals surface area (Å²) in [7, 11) is 1.32. The molecule has 0 spiro atoms. The normalized spacial score (nSPS) is 19.3. The Hall–Kier alpha value is -1.82. The number of pyridine rings is 1. The number of rotatable bonds is 3. The Balaban J connectivity index is 2.11. The molecule has 98 valence electrons. The van der Waals surface area contributed by atoms with Gasteiger partial charge in [0.15, 0.2) is 0 Å². The minimum Gasteiger partial charge on any atom is -0.465 e. The maximum absolute atomic E-state index is 11.5. The van der Waals surface area contributed by atoms with Gasteiger partial charge in [-0.05, 0) is 18.9 Å². The number of aromatic nitrogens is 1. The number of esters is 1. The van der Waals surface area contributed by atoms with Gasteiger partial charge in [0.25, 0.3) is 0 Å². The maximum Gasteiger partial charge on any atom is 0.340 e. The Morgan fingerprint density at radius 1 is 1.67 bits per heavy atom. The molecule has 0 aromatic carbocycles. The molecule has 2 rings (SSSR count). The van der Waals surface area contributed by atoms with Crippen LogP contribution in [0.25, 0.3) is 0 Å².